The van der Waals surface area contributed by atoms with Gasteiger partial charge in [0.25, 0.3) is 0 Å². The second kappa shape index (κ2) is 4.12. The summed E-state index contributed by atoms with van der Waals surface area (Å²) in [5.41, 5.74) is 0. The second-order valence-electron chi connectivity index (χ2n) is 2.75. The van der Waals surface area contributed by atoms with E-state index in [1.165, 1.54) is 7.11 Å². The van der Waals surface area contributed by atoms with Crippen molar-refractivity contribution in [3.05, 3.63) is 0 Å². The first-order valence-corrected chi connectivity index (χ1v) is 3.80. The summed E-state index contributed by atoms with van der Waals surface area (Å²) in [5, 5.41) is 27.1. The minimum Gasteiger partial charge on any atom is -0.393 e. The molecule has 6 heteroatoms. The molecule has 1 aliphatic rings. The van der Waals surface area contributed by atoms with E-state index in [1.807, 2.05) is 0 Å². The maximum atomic E-state index is 11.1. The zero-order chi connectivity index (χ0) is 10.0. The van der Waals surface area contributed by atoms with Crippen molar-refractivity contribution in [2.45, 2.75) is 24.6 Å². The average Bonchev–Trinajstić information content (AvgIpc) is 2.15. The van der Waals surface area contributed by atoms with Crippen molar-refractivity contribution in [3.63, 3.8) is 0 Å². The Morgan fingerprint density at radius 1 is 1.54 bits per heavy atom. The van der Waals surface area contributed by atoms with Crippen LogP contribution < -0.4 is 0 Å². The second-order valence-corrected chi connectivity index (χ2v) is 2.75. The highest BCUT2D eigenvalue weighted by Gasteiger charge is 2.43. The molecule has 0 saturated carbocycles. The van der Waals surface area contributed by atoms with Gasteiger partial charge in [-0.1, -0.05) is 0 Å². The summed E-state index contributed by atoms with van der Waals surface area (Å²) >= 11 is 0. The van der Waals surface area contributed by atoms with E-state index in [0.29, 0.717) is 0 Å². The molecule has 1 aliphatic heterocycles. The minimum absolute atomic E-state index is 0.539. The van der Waals surface area contributed by atoms with Crippen LogP contribution in [0.25, 0.3) is 0 Å². The molecule has 0 unspecified atom stereocenters. The molecule has 4 atom stereocenters. The maximum absolute atomic E-state index is 11.1. The molecule has 0 radical (unpaired) electrons. The van der Waals surface area contributed by atoms with Crippen molar-refractivity contribution < 1.29 is 29.6 Å². The van der Waals surface area contributed by atoms with Crippen molar-refractivity contribution in [2.24, 2.45) is 0 Å². The molecule has 76 valence electrons. The summed E-state index contributed by atoms with van der Waals surface area (Å²) in [6.07, 6.45) is -5.16. The van der Waals surface area contributed by atoms with Gasteiger partial charge in [0.2, 0.25) is 0 Å². The van der Waals surface area contributed by atoms with Gasteiger partial charge in [-0.05, 0) is 0 Å². The average molecular weight is 192 g/mol. The van der Waals surface area contributed by atoms with Gasteiger partial charge in [0.1, 0.15) is 18.3 Å². The Balaban J connectivity index is 2.72. The molecule has 0 aliphatic carbocycles. The molecule has 3 N–H and O–H groups in total. The molecule has 1 saturated heterocycles. The summed E-state index contributed by atoms with van der Waals surface area (Å²) < 4.78 is 9.51. The Bertz CT molecular complexity index is 189. The molecular weight excluding hydrogens is 180 g/mol. The highest BCUT2D eigenvalue weighted by atomic mass is 16.7. The van der Waals surface area contributed by atoms with Crippen LogP contribution >= 0.6 is 0 Å². The van der Waals surface area contributed by atoms with Crippen LogP contribution in [-0.2, 0) is 14.3 Å². The molecule has 13 heavy (non-hydrogen) atoms. The third-order valence-corrected chi connectivity index (χ3v) is 1.91. The van der Waals surface area contributed by atoms with E-state index in [9.17, 15) is 15.0 Å². The van der Waals surface area contributed by atoms with Crippen molar-refractivity contribution in [2.75, 3.05) is 13.7 Å². The lowest BCUT2D eigenvalue weighted by atomic mass is 10.0. The highest BCUT2D eigenvalue weighted by molar-refractivity contribution is 5.88. The van der Waals surface area contributed by atoms with Gasteiger partial charge in [-0.15, -0.1) is 0 Å². The van der Waals surface area contributed by atoms with E-state index in [0.717, 1.165) is 0 Å². The molecular formula is C7H12O6. The fourth-order valence-electron chi connectivity index (χ4n) is 1.15. The lowest BCUT2D eigenvalue weighted by Crippen LogP contribution is -2.56. The van der Waals surface area contributed by atoms with Crippen LogP contribution in [0.4, 0.5) is 0 Å². The third-order valence-electron chi connectivity index (χ3n) is 1.91. The van der Waals surface area contributed by atoms with E-state index >= 15 is 0 Å². The summed E-state index contributed by atoms with van der Waals surface area (Å²) in [5.74, 6) is -0.733. The molecule has 1 rings (SSSR count). The molecule has 1 heterocycles. The zero-order valence-electron chi connectivity index (χ0n) is 7.08. The number of methoxy groups -OCH3 is 1. The van der Waals surface area contributed by atoms with Crippen molar-refractivity contribution in [1.82, 2.24) is 0 Å². The topological polar surface area (TPSA) is 96.2 Å². The van der Waals surface area contributed by atoms with Gasteiger partial charge in [0.05, 0.1) is 6.61 Å². The van der Waals surface area contributed by atoms with E-state index in [4.69, 9.17) is 9.84 Å². The summed E-state index contributed by atoms with van der Waals surface area (Å²) in [6, 6.07) is 0. The van der Waals surface area contributed by atoms with Crippen LogP contribution in [0.2, 0.25) is 0 Å². The molecule has 0 bridgehead atoms. The first-order valence-electron chi connectivity index (χ1n) is 3.80. The minimum atomic E-state index is -1.56. The predicted octanol–water partition coefficient (Wildman–Crippen LogP) is -2.36. The monoisotopic (exact) mass is 192 g/mol. The quantitative estimate of drug-likeness (QED) is 0.453. The molecule has 0 aromatic carbocycles. The molecule has 0 spiro atoms. The van der Waals surface area contributed by atoms with Crippen LogP contribution in [0.3, 0.4) is 0 Å². The van der Waals surface area contributed by atoms with E-state index < -0.39 is 37.0 Å². The molecule has 0 aromatic rings. The Kier molecular flexibility index (Phi) is 3.34. The first-order chi connectivity index (χ1) is 6.11. The van der Waals surface area contributed by atoms with Gasteiger partial charge in [-0.25, -0.2) is 0 Å². The van der Waals surface area contributed by atoms with Crippen molar-refractivity contribution in [1.29, 1.82) is 0 Å². The predicted molar refractivity (Wildman–Crippen MR) is 39.8 cm³/mol. The SMILES string of the molecule is CO[C@@H]1O[C@H](CO)C(=O)[C@H](O)[C@H]1O. The van der Waals surface area contributed by atoms with Crippen molar-refractivity contribution in [3.8, 4) is 0 Å². The van der Waals surface area contributed by atoms with E-state index in [1.54, 1.807) is 0 Å². The maximum Gasteiger partial charge on any atom is 0.195 e. The Labute approximate surface area is 74.7 Å². The number of ketones is 1. The Hall–Kier alpha value is -0.530. The third kappa shape index (κ3) is 1.87. The zero-order valence-corrected chi connectivity index (χ0v) is 7.08. The van der Waals surface area contributed by atoms with Gasteiger partial charge in [0.15, 0.2) is 12.1 Å². The summed E-state index contributed by atoms with van der Waals surface area (Å²) in [7, 11) is 1.27. The lowest BCUT2D eigenvalue weighted by Gasteiger charge is -2.34. The number of hydrogen-bond donors (Lipinski definition) is 3. The number of carbonyl (C=O) groups is 1. The smallest absolute Gasteiger partial charge is 0.195 e. The number of carbonyl (C=O) groups excluding carboxylic acids is 1. The molecule has 6 nitrogen and oxygen atoms in total. The number of ether oxygens (including phenoxy) is 2. The largest absolute Gasteiger partial charge is 0.393 e. The number of rotatable bonds is 2. The van der Waals surface area contributed by atoms with Crippen LogP contribution in [0.15, 0.2) is 0 Å². The van der Waals surface area contributed by atoms with Gasteiger partial charge < -0.3 is 24.8 Å². The van der Waals surface area contributed by atoms with Gasteiger partial charge in [0, 0.05) is 7.11 Å². The summed E-state index contributed by atoms with van der Waals surface area (Å²) in [4.78, 5) is 11.1. The number of Topliss-reactive ketones (excluding diaryl/α,β-unsaturated/α-hetero) is 1. The van der Waals surface area contributed by atoms with Gasteiger partial charge in [-0.3, -0.25) is 4.79 Å². The van der Waals surface area contributed by atoms with E-state index in [2.05, 4.69) is 4.74 Å². The standard InChI is InChI=1S/C7H12O6/c1-12-7-6(11)5(10)4(9)3(2-8)13-7/h3,5-8,10-11H,2H2,1H3/t3-,5+,6-,7-/m1/s1. The molecule has 0 amide bonds. The Morgan fingerprint density at radius 3 is 2.62 bits per heavy atom. The highest BCUT2D eigenvalue weighted by Crippen LogP contribution is 2.17. The Morgan fingerprint density at radius 2 is 2.15 bits per heavy atom. The lowest BCUT2D eigenvalue weighted by molar-refractivity contribution is -0.248. The number of aliphatic hydroxyl groups is 3. The fourth-order valence-corrected chi connectivity index (χ4v) is 1.15. The normalized spacial score (nSPS) is 40.8. The summed E-state index contributed by atoms with van der Waals surface area (Å²) in [6.45, 7) is -0.539. The van der Waals surface area contributed by atoms with Gasteiger partial charge >= 0.3 is 0 Å². The van der Waals surface area contributed by atoms with Crippen LogP contribution in [0.5, 0.6) is 0 Å². The van der Waals surface area contributed by atoms with Crippen LogP contribution in [0, 0.1) is 0 Å². The van der Waals surface area contributed by atoms with Crippen LogP contribution in [0.1, 0.15) is 0 Å². The van der Waals surface area contributed by atoms with Gasteiger partial charge in [-0.2, -0.15) is 0 Å². The molecule has 0 aromatic heterocycles. The fraction of sp³-hybridized carbons (Fsp3) is 0.857. The van der Waals surface area contributed by atoms with Crippen molar-refractivity contribution >= 4 is 5.78 Å². The molecule has 1 fully saturated rings. The van der Waals surface area contributed by atoms with E-state index in [-0.39, 0.29) is 0 Å². The number of hydrogen-bond acceptors (Lipinski definition) is 6. The first kappa shape index (κ1) is 10.6. The number of aliphatic hydroxyl groups excluding tert-OH is 3. The van der Waals surface area contributed by atoms with Crippen LogP contribution in [-0.4, -0.2) is 59.4 Å².